The Kier molecular flexibility index (Phi) is 7.47. The van der Waals surface area contributed by atoms with Crippen molar-refractivity contribution in [1.82, 2.24) is 10.6 Å². The molecule has 0 saturated carbocycles. The first-order valence-electron chi connectivity index (χ1n) is 8.40. The van der Waals surface area contributed by atoms with Crippen LogP contribution in [0.15, 0.2) is 64.5 Å². The molecule has 0 aromatic heterocycles. The second kappa shape index (κ2) is 9.82. The molecule has 0 spiro atoms. The Morgan fingerprint density at radius 3 is 2.27 bits per heavy atom. The molecule has 0 aliphatic heterocycles. The highest BCUT2D eigenvalue weighted by Crippen LogP contribution is 2.11. The predicted molar refractivity (Wildman–Crippen MR) is 105 cm³/mol. The second-order valence-corrected chi connectivity index (χ2v) is 7.76. The first-order valence-corrected chi connectivity index (χ1v) is 10.1. The number of ether oxygens (including phenoxy) is 1. The van der Waals surface area contributed by atoms with Crippen molar-refractivity contribution in [2.75, 3.05) is 33.0 Å². The van der Waals surface area contributed by atoms with E-state index >= 15 is 0 Å². The highest BCUT2D eigenvalue weighted by atomic mass is 32.2. The van der Waals surface area contributed by atoms with Gasteiger partial charge in [0.1, 0.15) is 5.75 Å². The van der Waals surface area contributed by atoms with Gasteiger partial charge in [-0.05, 0) is 36.2 Å². The van der Waals surface area contributed by atoms with E-state index in [0.29, 0.717) is 23.9 Å². The van der Waals surface area contributed by atoms with Gasteiger partial charge in [0.05, 0.1) is 17.8 Å². The molecule has 0 saturated heterocycles. The van der Waals surface area contributed by atoms with Crippen molar-refractivity contribution in [3.63, 3.8) is 0 Å². The average Bonchev–Trinajstić information content (AvgIpc) is 2.68. The number of rotatable bonds is 8. The van der Waals surface area contributed by atoms with E-state index in [0.717, 1.165) is 12.2 Å². The minimum absolute atomic E-state index is 0.0101. The number of methoxy groups -OCH3 is 1. The highest BCUT2D eigenvalue weighted by molar-refractivity contribution is 7.91. The van der Waals surface area contributed by atoms with Crippen molar-refractivity contribution < 1.29 is 13.2 Å². The van der Waals surface area contributed by atoms with Crippen LogP contribution in [0.5, 0.6) is 5.75 Å². The molecule has 2 rings (SSSR count). The molecule has 0 atom stereocenters. The monoisotopic (exact) mass is 375 g/mol. The molecule has 2 aromatic carbocycles. The van der Waals surface area contributed by atoms with E-state index in [1.54, 1.807) is 44.5 Å². The summed E-state index contributed by atoms with van der Waals surface area (Å²) < 4.78 is 29.6. The molecule has 7 heteroatoms. The zero-order chi connectivity index (χ0) is 18.8. The molecule has 0 amide bonds. The Morgan fingerprint density at radius 2 is 1.65 bits per heavy atom. The summed E-state index contributed by atoms with van der Waals surface area (Å²) in [5.74, 6) is 1.43. The van der Waals surface area contributed by atoms with Gasteiger partial charge >= 0.3 is 0 Å². The van der Waals surface area contributed by atoms with Gasteiger partial charge in [-0.3, -0.25) is 4.99 Å². The molecule has 0 unspecified atom stereocenters. The van der Waals surface area contributed by atoms with Gasteiger partial charge in [-0.2, -0.15) is 0 Å². The van der Waals surface area contributed by atoms with Crippen molar-refractivity contribution in [1.29, 1.82) is 0 Å². The van der Waals surface area contributed by atoms with Gasteiger partial charge in [0, 0.05) is 20.1 Å². The molecule has 6 nitrogen and oxygen atoms in total. The molecule has 0 heterocycles. The SMILES string of the molecule is CN=C(NCCc1ccc(OC)cc1)NCCS(=O)(=O)c1ccccc1. The molecule has 0 radical (unpaired) electrons. The maximum atomic E-state index is 12.2. The predicted octanol–water partition coefficient (Wildman–Crippen LogP) is 1.88. The smallest absolute Gasteiger partial charge is 0.191 e. The lowest BCUT2D eigenvalue weighted by Gasteiger charge is -2.12. The summed E-state index contributed by atoms with van der Waals surface area (Å²) in [7, 11) is 0.0128. The van der Waals surface area contributed by atoms with E-state index in [9.17, 15) is 8.42 Å². The third kappa shape index (κ3) is 6.07. The maximum absolute atomic E-state index is 12.2. The minimum atomic E-state index is -3.29. The van der Waals surface area contributed by atoms with Crippen molar-refractivity contribution in [3.05, 3.63) is 60.2 Å². The lowest BCUT2D eigenvalue weighted by Crippen LogP contribution is -2.40. The topological polar surface area (TPSA) is 79.8 Å². The van der Waals surface area contributed by atoms with Crippen LogP contribution in [0.25, 0.3) is 0 Å². The van der Waals surface area contributed by atoms with Gasteiger partial charge < -0.3 is 15.4 Å². The molecule has 140 valence electrons. The van der Waals surface area contributed by atoms with Crippen molar-refractivity contribution >= 4 is 15.8 Å². The number of hydrogen-bond acceptors (Lipinski definition) is 4. The van der Waals surface area contributed by atoms with Crippen LogP contribution < -0.4 is 15.4 Å². The molecule has 2 N–H and O–H groups in total. The Bertz CT molecular complexity index is 804. The van der Waals surface area contributed by atoms with Crippen LogP contribution in [0.3, 0.4) is 0 Å². The molecule has 0 bridgehead atoms. The van der Waals surface area contributed by atoms with Crippen LogP contribution in [-0.2, 0) is 16.3 Å². The summed E-state index contributed by atoms with van der Waals surface area (Å²) in [6.45, 7) is 0.983. The zero-order valence-corrected chi connectivity index (χ0v) is 15.9. The fourth-order valence-electron chi connectivity index (χ4n) is 2.39. The van der Waals surface area contributed by atoms with Crippen molar-refractivity contribution in [2.24, 2.45) is 4.99 Å². The average molecular weight is 375 g/mol. The largest absolute Gasteiger partial charge is 0.497 e. The number of sulfone groups is 1. The summed E-state index contributed by atoms with van der Waals surface area (Å²) in [6, 6.07) is 16.3. The van der Waals surface area contributed by atoms with Crippen molar-refractivity contribution in [3.8, 4) is 5.75 Å². The number of benzene rings is 2. The van der Waals surface area contributed by atoms with E-state index in [-0.39, 0.29) is 5.75 Å². The fourth-order valence-corrected chi connectivity index (χ4v) is 3.57. The van der Waals surface area contributed by atoms with Gasteiger partial charge in [-0.1, -0.05) is 30.3 Å². The quantitative estimate of drug-likeness (QED) is 0.544. The molecule has 2 aromatic rings. The van der Waals surface area contributed by atoms with E-state index < -0.39 is 9.84 Å². The van der Waals surface area contributed by atoms with Crippen LogP contribution in [0.1, 0.15) is 5.56 Å². The number of guanidine groups is 1. The second-order valence-electron chi connectivity index (χ2n) is 5.66. The fraction of sp³-hybridized carbons (Fsp3) is 0.316. The zero-order valence-electron chi connectivity index (χ0n) is 15.1. The summed E-state index contributed by atoms with van der Waals surface area (Å²) in [4.78, 5) is 4.46. The molecule has 0 fully saturated rings. The lowest BCUT2D eigenvalue weighted by atomic mass is 10.1. The molecular formula is C19H25N3O3S. The Hall–Kier alpha value is -2.54. The number of hydrogen-bond donors (Lipinski definition) is 2. The third-order valence-corrected chi connectivity index (χ3v) is 5.59. The van der Waals surface area contributed by atoms with Crippen LogP contribution in [-0.4, -0.2) is 47.4 Å². The van der Waals surface area contributed by atoms with Crippen molar-refractivity contribution in [2.45, 2.75) is 11.3 Å². The number of aliphatic imine (C=N–C) groups is 1. The van der Waals surface area contributed by atoms with Crippen LogP contribution in [0, 0.1) is 0 Å². The first-order chi connectivity index (χ1) is 12.5. The number of nitrogens with zero attached hydrogens (tertiary/aromatic N) is 1. The van der Waals surface area contributed by atoms with Crippen LogP contribution in [0.2, 0.25) is 0 Å². The summed E-state index contributed by atoms with van der Waals surface area (Å²) in [5.41, 5.74) is 1.18. The summed E-state index contributed by atoms with van der Waals surface area (Å²) in [6.07, 6.45) is 0.826. The Morgan fingerprint density at radius 1 is 1.00 bits per heavy atom. The first kappa shape index (κ1) is 19.8. The molecule has 26 heavy (non-hydrogen) atoms. The van der Waals surface area contributed by atoms with Gasteiger partial charge in [0.2, 0.25) is 0 Å². The summed E-state index contributed by atoms with van der Waals surface area (Å²) in [5, 5.41) is 6.22. The number of nitrogens with one attached hydrogen (secondary N) is 2. The van der Waals surface area contributed by atoms with Gasteiger partial charge in [-0.15, -0.1) is 0 Å². The Balaban J connectivity index is 1.75. The standard InChI is InChI=1S/C19H25N3O3S/c1-20-19(21-13-12-16-8-10-17(25-2)11-9-16)22-14-15-26(23,24)18-6-4-3-5-7-18/h3-11H,12-15H2,1-2H3,(H2,20,21,22). The van der Waals surface area contributed by atoms with Crippen LogP contribution >= 0.6 is 0 Å². The highest BCUT2D eigenvalue weighted by Gasteiger charge is 2.13. The van der Waals surface area contributed by atoms with E-state index in [2.05, 4.69) is 15.6 Å². The van der Waals surface area contributed by atoms with E-state index in [1.807, 2.05) is 24.3 Å². The van der Waals surface area contributed by atoms with E-state index in [1.165, 1.54) is 5.56 Å². The van der Waals surface area contributed by atoms with Gasteiger partial charge in [-0.25, -0.2) is 8.42 Å². The maximum Gasteiger partial charge on any atom is 0.191 e. The molecular weight excluding hydrogens is 350 g/mol. The molecule has 0 aliphatic carbocycles. The lowest BCUT2D eigenvalue weighted by molar-refractivity contribution is 0.414. The minimum Gasteiger partial charge on any atom is -0.497 e. The van der Waals surface area contributed by atoms with E-state index in [4.69, 9.17) is 4.74 Å². The Labute approximate surface area is 155 Å². The normalized spacial score (nSPS) is 11.8. The van der Waals surface area contributed by atoms with Gasteiger partial charge in [0.25, 0.3) is 0 Å². The third-order valence-electron chi connectivity index (χ3n) is 3.85. The van der Waals surface area contributed by atoms with Gasteiger partial charge in [0.15, 0.2) is 15.8 Å². The summed E-state index contributed by atoms with van der Waals surface area (Å²) >= 11 is 0. The van der Waals surface area contributed by atoms with Crippen LogP contribution in [0.4, 0.5) is 0 Å². The molecule has 0 aliphatic rings.